The van der Waals surface area contributed by atoms with E-state index in [4.69, 9.17) is 0 Å². The minimum atomic E-state index is -0.108. The highest BCUT2D eigenvalue weighted by Crippen LogP contribution is 2.18. The van der Waals surface area contributed by atoms with Gasteiger partial charge in [0.15, 0.2) is 0 Å². The largest absolute Gasteiger partial charge is 0.347 e. The summed E-state index contributed by atoms with van der Waals surface area (Å²) in [7, 11) is 0. The molecule has 1 aliphatic rings. The average molecular weight is 380 g/mol. The van der Waals surface area contributed by atoms with Gasteiger partial charge < -0.3 is 14.8 Å². The molecule has 1 aliphatic heterocycles. The number of hydrogen-bond donors (Lipinski definition) is 1. The lowest BCUT2D eigenvalue weighted by Crippen LogP contribution is -2.33. The van der Waals surface area contributed by atoms with Gasteiger partial charge in [0.2, 0.25) is 0 Å². The van der Waals surface area contributed by atoms with Crippen LogP contribution < -0.4 is 5.32 Å². The minimum Gasteiger partial charge on any atom is -0.347 e. The van der Waals surface area contributed by atoms with Crippen molar-refractivity contribution in [2.45, 2.75) is 19.5 Å². The summed E-state index contributed by atoms with van der Waals surface area (Å²) in [6, 6.07) is 11.4. The topological polar surface area (TPSA) is 67.2 Å². The second-order valence-electron chi connectivity index (χ2n) is 6.43. The van der Waals surface area contributed by atoms with Crippen molar-refractivity contribution in [1.82, 2.24) is 19.8 Å². The molecule has 0 unspecified atom stereocenters. The summed E-state index contributed by atoms with van der Waals surface area (Å²) in [6.07, 6.45) is 4.20. The van der Waals surface area contributed by atoms with Crippen molar-refractivity contribution in [2.75, 3.05) is 13.1 Å². The summed E-state index contributed by atoms with van der Waals surface area (Å²) in [5.41, 5.74) is 2.68. The van der Waals surface area contributed by atoms with Gasteiger partial charge in [-0.15, -0.1) is 11.3 Å². The fourth-order valence-corrected chi connectivity index (χ4v) is 4.00. The van der Waals surface area contributed by atoms with Crippen LogP contribution in [0.4, 0.5) is 0 Å². The Morgan fingerprint density at radius 2 is 2.04 bits per heavy atom. The molecule has 4 heterocycles. The zero-order valence-electron chi connectivity index (χ0n) is 14.8. The van der Waals surface area contributed by atoms with Crippen LogP contribution in [0.3, 0.4) is 0 Å². The van der Waals surface area contributed by atoms with Gasteiger partial charge in [-0.25, -0.2) is 0 Å². The summed E-state index contributed by atoms with van der Waals surface area (Å²) >= 11 is 1.46. The van der Waals surface area contributed by atoms with E-state index in [1.165, 1.54) is 11.3 Å². The smallest absolute Gasteiger partial charge is 0.268 e. The average Bonchev–Trinajstić information content (AvgIpc) is 3.33. The maximum Gasteiger partial charge on any atom is 0.268 e. The van der Waals surface area contributed by atoms with Crippen molar-refractivity contribution in [3.05, 3.63) is 76.0 Å². The Hall–Kier alpha value is -2.93. The molecule has 7 heteroatoms. The Morgan fingerprint density at radius 3 is 2.81 bits per heavy atom. The minimum absolute atomic E-state index is 0.0679. The molecular weight excluding hydrogens is 360 g/mol. The predicted octanol–water partition coefficient (Wildman–Crippen LogP) is 2.57. The third kappa shape index (κ3) is 3.78. The number of amides is 2. The molecule has 0 spiro atoms. The van der Waals surface area contributed by atoms with E-state index < -0.39 is 0 Å². The van der Waals surface area contributed by atoms with Crippen LogP contribution in [0.5, 0.6) is 0 Å². The molecule has 0 aliphatic carbocycles. The monoisotopic (exact) mass is 380 g/mol. The van der Waals surface area contributed by atoms with Crippen molar-refractivity contribution in [2.24, 2.45) is 0 Å². The lowest BCUT2D eigenvalue weighted by atomic mass is 10.3. The zero-order valence-corrected chi connectivity index (χ0v) is 15.6. The van der Waals surface area contributed by atoms with E-state index in [1.54, 1.807) is 12.4 Å². The fraction of sp³-hybridized carbons (Fsp3) is 0.250. The summed E-state index contributed by atoms with van der Waals surface area (Å²) in [4.78, 5) is 31.9. The number of nitrogens with zero attached hydrogens (tertiary/aromatic N) is 3. The lowest BCUT2D eigenvalue weighted by Gasteiger charge is -2.19. The Balaban J connectivity index is 1.43. The first-order valence-electron chi connectivity index (χ1n) is 8.90. The quantitative estimate of drug-likeness (QED) is 0.756. The van der Waals surface area contributed by atoms with Gasteiger partial charge in [0.25, 0.3) is 11.8 Å². The van der Waals surface area contributed by atoms with Gasteiger partial charge in [-0.2, -0.15) is 0 Å². The molecule has 27 heavy (non-hydrogen) atoms. The molecule has 0 bridgehead atoms. The van der Waals surface area contributed by atoms with Crippen molar-refractivity contribution in [3.63, 3.8) is 0 Å². The van der Waals surface area contributed by atoms with E-state index in [2.05, 4.69) is 10.3 Å². The first kappa shape index (κ1) is 17.5. The SMILES string of the molecule is O=C(NCc1cccnc1)c1ccc2n1CCN(C(=O)c1cccs1)CC2. The number of carbonyl (C=O) groups is 2. The Bertz CT molecular complexity index is 934. The van der Waals surface area contributed by atoms with E-state index in [0.717, 1.165) is 22.6 Å². The maximum absolute atomic E-state index is 12.6. The predicted molar refractivity (Wildman–Crippen MR) is 104 cm³/mol. The highest BCUT2D eigenvalue weighted by atomic mass is 32.1. The molecule has 3 aromatic rings. The van der Waals surface area contributed by atoms with Crippen molar-refractivity contribution in [3.8, 4) is 0 Å². The lowest BCUT2D eigenvalue weighted by molar-refractivity contribution is 0.0764. The molecule has 0 atom stereocenters. The number of aromatic nitrogens is 2. The van der Waals surface area contributed by atoms with Gasteiger partial charge in [0.05, 0.1) is 4.88 Å². The van der Waals surface area contributed by atoms with Gasteiger partial charge in [0.1, 0.15) is 5.69 Å². The molecule has 6 nitrogen and oxygen atoms in total. The summed E-state index contributed by atoms with van der Waals surface area (Å²) in [5.74, 6) is -0.0403. The van der Waals surface area contributed by atoms with Gasteiger partial charge in [-0.3, -0.25) is 14.6 Å². The summed E-state index contributed by atoms with van der Waals surface area (Å²) < 4.78 is 2.03. The molecule has 0 saturated carbocycles. The molecule has 4 rings (SSSR count). The Kier molecular flexibility index (Phi) is 5.02. The van der Waals surface area contributed by atoms with Crippen molar-refractivity contribution < 1.29 is 9.59 Å². The third-order valence-electron chi connectivity index (χ3n) is 4.73. The van der Waals surface area contributed by atoms with Crippen LogP contribution in [0.25, 0.3) is 0 Å². The van der Waals surface area contributed by atoms with Gasteiger partial charge in [-0.1, -0.05) is 12.1 Å². The first-order valence-corrected chi connectivity index (χ1v) is 9.78. The number of carbonyl (C=O) groups excluding carboxylic acids is 2. The molecule has 1 N–H and O–H groups in total. The van der Waals surface area contributed by atoms with E-state index in [9.17, 15) is 9.59 Å². The number of hydrogen-bond acceptors (Lipinski definition) is 4. The molecule has 2 amide bonds. The van der Waals surface area contributed by atoms with Crippen LogP contribution in [0.2, 0.25) is 0 Å². The van der Waals surface area contributed by atoms with Crippen LogP contribution in [0.1, 0.15) is 31.4 Å². The van der Waals surface area contributed by atoms with Crippen LogP contribution in [0, 0.1) is 0 Å². The van der Waals surface area contributed by atoms with Gasteiger partial charge >= 0.3 is 0 Å². The maximum atomic E-state index is 12.6. The Morgan fingerprint density at radius 1 is 1.11 bits per heavy atom. The first-order chi connectivity index (χ1) is 13.2. The fourth-order valence-electron chi connectivity index (χ4n) is 3.31. The summed E-state index contributed by atoms with van der Waals surface area (Å²) in [5, 5.41) is 4.87. The molecule has 138 valence electrons. The normalized spacial score (nSPS) is 13.7. The number of pyridine rings is 1. The van der Waals surface area contributed by atoms with E-state index in [0.29, 0.717) is 31.9 Å². The second-order valence-corrected chi connectivity index (χ2v) is 7.37. The molecular formula is C20H20N4O2S. The molecule has 3 aromatic heterocycles. The van der Waals surface area contributed by atoms with Crippen LogP contribution in [-0.4, -0.2) is 39.4 Å². The van der Waals surface area contributed by atoms with Crippen molar-refractivity contribution >= 4 is 23.2 Å². The Labute approximate surface area is 161 Å². The molecule has 0 radical (unpaired) electrons. The number of thiophene rings is 1. The van der Waals surface area contributed by atoms with Gasteiger partial charge in [-0.05, 0) is 35.2 Å². The standard InChI is InChI=1S/C20H20N4O2S/c25-19(22-14-15-3-1-8-21-13-15)17-6-5-16-7-9-23(10-11-24(16)17)20(26)18-4-2-12-27-18/h1-6,8,12-13H,7,9-11,14H2,(H,22,25). The van der Waals surface area contributed by atoms with Crippen LogP contribution >= 0.6 is 11.3 Å². The van der Waals surface area contributed by atoms with E-state index >= 15 is 0 Å². The number of fused-ring (bicyclic) bond motifs is 1. The van der Waals surface area contributed by atoms with E-state index in [-0.39, 0.29) is 11.8 Å². The van der Waals surface area contributed by atoms with Crippen molar-refractivity contribution in [1.29, 1.82) is 0 Å². The molecule has 0 aromatic carbocycles. The van der Waals surface area contributed by atoms with Crippen LogP contribution in [0.15, 0.2) is 54.2 Å². The number of rotatable bonds is 4. The highest BCUT2D eigenvalue weighted by Gasteiger charge is 2.23. The molecule has 0 saturated heterocycles. The number of nitrogens with one attached hydrogen (secondary N) is 1. The van der Waals surface area contributed by atoms with Crippen LogP contribution in [-0.2, 0) is 19.5 Å². The van der Waals surface area contributed by atoms with Gasteiger partial charge in [0, 0.05) is 50.7 Å². The zero-order chi connectivity index (χ0) is 18.6. The van der Waals surface area contributed by atoms with E-state index in [1.807, 2.05) is 51.2 Å². The highest BCUT2D eigenvalue weighted by molar-refractivity contribution is 7.12. The third-order valence-corrected chi connectivity index (χ3v) is 5.59. The molecule has 0 fully saturated rings. The second kappa shape index (κ2) is 7.75. The summed E-state index contributed by atoms with van der Waals surface area (Å²) in [6.45, 7) is 2.32.